The highest BCUT2D eigenvalue weighted by molar-refractivity contribution is 9.10. The first-order chi connectivity index (χ1) is 17.0. The number of carbonyl (C=O) groups excluding carboxylic acids is 3. The normalized spacial score (nSPS) is 17.7. The van der Waals surface area contributed by atoms with Crippen LogP contribution in [0.1, 0.15) is 56.0 Å². The highest BCUT2D eigenvalue weighted by Gasteiger charge is 2.38. The summed E-state index contributed by atoms with van der Waals surface area (Å²) in [6.45, 7) is 7.89. The van der Waals surface area contributed by atoms with Crippen LogP contribution in [0.4, 0.5) is 10.6 Å². The molecule has 1 aliphatic heterocycles. The third kappa shape index (κ3) is 7.18. The first kappa shape index (κ1) is 27.9. The van der Waals surface area contributed by atoms with Gasteiger partial charge in [-0.2, -0.15) is 0 Å². The zero-order chi connectivity index (χ0) is 26.5. The van der Waals surface area contributed by atoms with Crippen molar-refractivity contribution >= 4 is 51.4 Å². The standard InChI is InChI=1S/C25H28BrClN2O7/c1-5-29(24(32)34-25(2,3)4)21-19(12-16(26)13-28-21)18-9-10-33-14-20(18)23(31)36-35-22(30)15-7-6-8-17(27)11-15/h6-8,11-13,18,20H,5,9-10,14H2,1-4H3/t18-,20+/m1/s1. The summed E-state index contributed by atoms with van der Waals surface area (Å²) in [5, 5.41) is 0.344. The Bertz CT molecular complexity index is 1120. The molecule has 1 aromatic carbocycles. The topological polar surface area (TPSA) is 104 Å². The molecule has 0 bridgehead atoms. The van der Waals surface area contributed by atoms with Gasteiger partial charge in [-0.25, -0.2) is 29.1 Å². The molecule has 1 aliphatic rings. The maximum absolute atomic E-state index is 13.0. The van der Waals surface area contributed by atoms with Crippen molar-refractivity contribution in [1.29, 1.82) is 0 Å². The van der Waals surface area contributed by atoms with Crippen molar-refractivity contribution in [2.24, 2.45) is 5.92 Å². The lowest BCUT2D eigenvalue weighted by Gasteiger charge is -2.33. The first-order valence-corrected chi connectivity index (χ1v) is 12.6. The number of rotatable bonds is 5. The van der Waals surface area contributed by atoms with Crippen LogP contribution in [0.15, 0.2) is 41.0 Å². The van der Waals surface area contributed by atoms with E-state index in [1.807, 2.05) is 13.0 Å². The van der Waals surface area contributed by atoms with Crippen molar-refractivity contribution in [3.05, 3.63) is 57.2 Å². The van der Waals surface area contributed by atoms with Crippen molar-refractivity contribution in [1.82, 2.24) is 4.98 Å². The van der Waals surface area contributed by atoms with Gasteiger partial charge in [0.1, 0.15) is 11.4 Å². The predicted molar refractivity (Wildman–Crippen MR) is 136 cm³/mol. The molecule has 0 spiro atoms. The molecular weight excluding hydrogens is 556 g/mol. The summed E-state index contributed by atoms with van der Waals surface area (Å²) < 4.78 is 11.8. The Kier molecular flexibility index (Phi) is 9.32. The second-order valence-electron chi connectivity index (χ2n) is 9.15. The van der Waals surface area contributed by atoms with Gasteiger partial charge in [0.05, 0.1) is 18.1 Å². The fourth-order valence-electron chi connectivity index (χ4n) is 3.78. The maximum atomic E-state index is 13.0. The van der Waals surface area contributed by atoms with Gasteiger partial charge in [-0.05, 0) is 74.3 Å². The van der Waals surface area contributed by atoms with Crippen LogP contribution in [0.25, 0.3) is 0 Å². The minimum Gasteiger partial charge on any atom is -0.443 e. The van der Waals surface area contributed by atoms with E-state index in [1.165, 1.54) is 17.0 Å². The van der Waals surface area contributed by atoms with Crippen molar-refractivity contribution < 1.29 is 33.6 Å². The van der Waals surface area contributed by atoms with Crippen LogP contribution < -0.4 is 4.90 Å². The van der Waals surface area contributed by atoms with E-state index in [9.17, 15) is 14.4 Å². The van der Waals surface area contributed by atoms with Crippen LogP contribution in [-0.2, 0) is 24.0 Å². The Balaban J connectivity index is 1.84. The number of benzene rings is 1. The van der Waals surface area contributed by atoms with E-state index in [4.69, 9.17) is 30.8 Å². The van der Waals surface area contributed by atoms with E-state index in [-0.39, 0.29) is 12.2 Å². The zero-order valence-corrected chi connectivity index (χ0v) is 22.8. The van der Waals surface area contributed by atoms with Gasteiger partial charge in [-0.3, -0.25) is 4.90 Å². The van der Waals surface area contributed by atoms with E-state index in [0.29, 0.717) is 40.4 Å². The number of anilines is 1. The zero-order valence-electron chi connectivity index (χ0n) is 20.5. The van der Waals surface area contributed by atoms with E-state index in [0.717, 1.165) is 0 Å². The number of hydrogen-bond donors (Lipinski definition) is 0. The Morgan fingerprint density at radius 2 is 1.97 bits per heavy atom. The van der Waals surface area contributed by atoms with Crippen LogP contribution in [0, 0.1) is 5.92 Å². The third-order valence-corrected chi connectivity index (χ3v) is 6.03. The summed E-state index contributed by atoms with van der Waals surface area (Å²) in [5.74, 6) is -2.49. The van der Waals surface area contributed by atoms with E-state index in [1.54, 1.807) is 39.1 Å². The second-order valence-corrected chi connectivity index (χ2v) is 10.5. The molecule has 1 aromatic heterocycles. The highest BCUT2D eigenvalue weighted by atomic mass is 79.9. The van der Waals surface area contributed by atoms with Gasteiger partial charge in [0.2, 0.25) is 0 Å². The fraction of sp³-hybridized carbons (Fsp3) is 0.440. The maximum Gasteiger partial charge on any atom is 0.415 e. The van der Waals surface area contributed by atoms with Gasteiger partial charge in [0, 0.05) is 40.3 Å². The second kappa shape index (κ2) is 12.0. The molecule has 2 aromatic rings. The number of nitrogens with zero attached hydrogens (tertiary/aromatic N) is 2. The molecule has 0 N–H and O–H groups in total. The average molecular weight is 584 g/mol. The van der Waals surface area contributed by atoms with Crippen LogP contribution in [-0.4, -0.2) is 48.4 Å². The quantitative estimate of drug-likeness (QED) is 0.326. The summed E-state index contributed by atoms with van der Waals surface area (Å²) in [5.41, 5.74) is 0.0856. The van der Waals surface area contributed by atoms with Crippen LogP contribution in [0.3, 0.4) is 0 Å². The van der Waals surface area contributed by atoms with Gasteiger partial charge < -0.3 is 9.47 Å². The molecule has 0 radical (unpaired) electrons. The number of aromatic nitrogens is 1. The van der Waals surface area contributed by atoms with Crippen molar-refractivity contribution in [2.45, 2.75) is 45.6 Å². The van der Waals surface area contributed by atoms with Gasteiger partial charge in [-0.1, -0.05) is 17.7 Å². The fourth-order valence-corrected chi connectivity index (χ4v) is 4.31. The molecule has 2 atom stereocenters. The average Bonchev–Trinajstić information content (AvgIpc) is 2.82. The number of halogens is 2. The largest absolute Gasteiger partial charge is 0.443 e. The van der Waals surface area contributed by atoms with Crippen molar-refractivity contribution in [3.63, 3.8) is 0 Å². The molecule has 194 valence electrons. The molecule has 0 unspecified atom stereocenters. The lowest BCUT2D eigenvalue weighted by atomic mass is 9.82. The predicted octanol–water partition coefficient (Wildman–Crippen LogP) is 5.69. The molecule has 36 heavy (non-hydrogen) atoms. The summed E-state index contributed by atoms with van der Waals surface area (Å²) in [6, 6.07) is 7.89. The molecule has 0 aliphatic carbocycles. The Labute approximate surface area is 223 Å². The molecule has 0 saturated carbocycles. The van der Waals surface area contributed by atoms with E-state index < -0.39 is 35.5 Å². The number of ether oxygens (including phenoxy) is 2. The van der Waals surface area contributed by atoms with Gasteiger partial charge in [-0.15, -0.1) is 0 Å². The van der Waals surface area contributed by atoms with Crippen LogP contribution >= 0.6 is 27.5 Å². The van der Waals surface area contributed by atoms with Crippen LogP contribution in [0.2, 0.25) is 5.02 Å². The SMILES string of the molecule is CCN(C(=O)OC(C)(C)C)c1ncc(Br)cc1[C@H]1CCOC[C@@H]1C(=O)OOC(=O)c1cccc(Cl)c1. The summed E-state index contributed by atoms with van der Waals surface area (Å²) in [7, 11) is 0. The number of carbonyl (C=O) groups is 3. The Morgan fingerprint density at radius 1 is 1.22 bits per heavy atom. The van der Waals surface area contributed by atoms with Crippen LogP contribution in [0.5, 0.6) is 0 Å². The Hall–Kier alpha value is -2.69. The van der Waals surface area contributed by atoms with Gasteiger partial charge in [0.15, 0.2) is 0 Å². The summed E-state index contributed by atoms with van der Waals surface area (Å²) in [6.07, 6.45) is 1.48. The number of pyridine rings is 1. The van der Waals surface area contributed by atoms with Crippen molar-refractivity contribution in [2.75, 3.05) is 24.7 Å². The summed E-state index contributed by atoms with van der Waals surface area (Å²) in [4.78, 5) is 53.8. The molecule has 2 heterocycles. The molecule has 1 saturated heterocycles. The lowest BCUT2D eigenvalue weighted by Crippen LogP contribution is -2.39. The lowest BCUT2D eigenvalue weighted by molar-refractivity contribution is -0.241. The minimum atomic E-state index is -0.856. The van der Waals surface area contributed by atoms with Gasteiger partial charge in [0.25, 0.3) is 0 Å². The molecule has 11 heteroatoms. The minimum absolute atomic E-state index is 0.0444. The smallest absolute Gasteiger partial charge is 0.415 e. The number of hydrogen-bond acceptors (Lipinski definition) is 8. The molecular formula is C25H28BrClN2O7. The third-order valence-electron chi connectivity index (χ3n) is 5.37. The van der Waals surface area contributed by atoms with E-state index in [2.05, 4.69) is 20.9 Å². The van der Waals surface area contributed by atoms with Gasteiger partial charge >= 0.3 is 18.0 Å². The molecule has 9 nitrogen and oxygen atoms in total. The monoisotopic (exact) mass is 582 g/mol. The molecule has 1 amide bonds. The molecule has 1 fully saturated rings. The summed E-state index contributed by atoms with van der Waals surface area (Å²) >= 11 is 9.34. The highest BCUT2D eigenvalue weighted by Crippen LogP contribution is 2.39. The molecule has 3 rings (SSSR count). The first-order valence-electron chi connectivity index (χ1n) is 11.4. The van der Waals surface area contributed by atoms with Crippen molar-refractivity contribution in [3.8, 4) is 0 Å². The Morgan fingerprint density at radius 3 is 2.64 bits per heavy atom. The number of amides is 1. The van der Waals surface area contributed by atoms with E-state index >= 15 is 0 Å².